The molecular weight excluding hydrogens is 254 g/mol. The molecule has 0 aromatic heterocycles. The molecule has 2 unspecified atom stereocenters. The molecule has 0 amide bonds. The van der Waals surface area contributed by atoms with Gasteiger partial charge in [0.1, 0.15) is 0 Å². The molecular formula is C12H16BrNO. The fourth-order valence-corrected chi connectivity index (χ4v) is 2.30. The molecule has 3 heteroatoms. The fraction of sp³-hybridized carbons (Fsp3) is 0.500. The van der Waals surface area contributed by atoms with E-state index in [1.807, 2.05) is 24.3 Å². The molecule has 1 aromatic rings. The van der Waals surface area contributed by atoms with E-state index in [0.29, 0.717) is 0 Å². The molecule has 1 saturated carbocycles. The lowest BCUT2D eigenvalue weighted by Gasteiger charge is -2.29. The third kappa shape index (κ3) is 2.95. The Kier molecular flexibility index (Phi) is 3.65. The molecule has 0 spiro atoms. The van der Waals surface area contributed by atoms with Gasteiger partial charge in [-0.2, -0.15) is 0 Å². The summed E-state index contributed by atoms with van der Waals surface area (Å²) in [5.74, 6) is 0. The number of aliphatic hydroxyl groups excluding tert-OH is 1. The van der Waals surface area contributed by atoms with Crippen molar-refractivity contribution in [3.05, 3.63) is 28.7 Å². The smallest absolute Gasteiger partial charge is 0.0741 e. The van der Waals surface area contributed by atoms with Crippen LogP contribution >= 0.6 is 15.9 Å². The maximum absolute atomic E-state index is 9.81. The summed E-state index contributed by atoms with van der Waals surface area (Å²) in [6.45, 7) is 0. The van der Waals surface area contributed by atoms with Gasteiger partial charge in [0.2, 0.25) is 0 Å². The highest BCUT2D eigenvalue weighted by Gasteiger charge is 2.22. The van der Waals surface area contributed by atoms with Gasteiger partial charge in [-0.05, 0) is 37.1 Å². The van der Waals surface area contributed by atoms with Crippen LogP contribution in [-0.4, -0.2) is 17.3 Å². The Labute approximate surface area is 98.8 Å². The summed E-state index contributed by atoms with van der Waals surface area (Å²) in [4.78, 5) is 0. The Morgan fingerprint density at radius 3 is 2.47 bits per heavy atom. The molecule has 0 saturated heterocycles. The van der Waals surface area contributed by atoms with E-state index in [9.17, 15) is 5.11 Å². The third-order valence-electron chi connectivity index (χ3n) is 2.93. The van der Waals surface area contributed by atoms with E-state index in [2.05, 4.69) is 21.2 Å². The second-order valence-corrected chi connectivity index (χ2v) is 5.03. The van der Waals surface area contributed by atoms with Crippen molar-refractivity contribution in [3.63, 3.8) is 0 Å². The summed E-state index contributed by atoms with van der Waals surface area (Å²) in [6.07, 6.45) is 4.17. The van der Waals surface area contributed by atoms with Crippen LogP contribution in [0.5, 0.6) is 0 Å². The van der Waals surface area contributed by atoms with Crippen LogP contribution in [0, 0.1) is 0 Å². The number of hydrogen-bond acceptors (Lipinski definition) is 2. The average molecular weight is 270 g/mol. The van der Waals surface area contributed by atoms with E-state index >= 15 is 0 Å². The highest BCUT2D eigenvalue weighted by Crippen LogP contribution is 2.23. The lowest BCUT2D eigenvalue weighted by atomic mass is 9.92. The Morgan fingerprint density at radius 1 is 1.13 bits per heavy atom. The SMILES string of the molecule is OC1CCCCC1Nc1ccc(Br)cc1. The quantitative estimate of drug-likeness (QED) is 0.865. The molecule has 15 heavy (non-hydrogen) atoms. The third-order valence-corrected chi connectivity index (χ3v) is 3.45. The number of aliphatic hydroxyl groups is 1. The summed E-state index contributed by atoms with van der Waals surface area (Å²) in [6, 6.07) is 8.31. The minimum Gasteiger partial charge on any atom is -0.391 e. The van der Waals surface area contributed by atoms with Gasteiger partial charge >= 0.3 is 0 Å². The zero-order chi connectivity index (χ0) is 10.7. The number of benzene rings is 1. The van der Waals surface area contributed by atoms with Crippen LogP contribution in [0.25, 0.3) is 0 Å². The van der Waals surface area contributed by atoms with Gasteiger partial charge in [0, 0.05) is 10.2 Å². The molecule has 0 heterocycles. The molecule has 2 N–H and O–H groups in total. The minimum absolute atomic E-state index is 0.192. The highest BCUT2D eigenvalue weighted by atomic mass is 79.9. The van der Waals surface area contributed by atoms with E-state index in [0.717, 1.165) is 29.4 Å². The van der Waals surface area contributed by atoms with Crippen LogP contribution in [-0.2, 0) is 0 Å². The number of anilines is 1. The largest absolute Gasteiger partial charge is 0.391 e. The van der Waals surface area contributed by atoms with Gasteiger partial charge in [-0.3, -0.25) is 0 Å². The normalized spacial score (nSPS) is 26.3. The van der Waals surface area contributed by atoms with E-state index in [4.69, 9.17) is 0 Å². The number of hydrogen-bond donors (Lipinski definition) is 2. The average Bonchev–Trinajstić information content (AvgIpc) is 2.25. The predicted octanol–water partition coefficient (Wildman–Crippen LogP) is 3.16. The Hall–Kier alpha value is -0.540. The van der Waals surface area contributed by atoms with E-state index < -0.39 is 0 Å². The van der Waals surface area contributed by atoms with Crippen LogP contribution in [0.1, 0.15) is 25.7 Å². The van der Waals surface area contributed by atoms with Crippen molar-refractivity contribution in [2.45, 2.75) is 37.8 Å². The summed E-state index contributed by atoms with van der Waals surface area (Å²) >= 11 is 3.41. The Morgan fingerprint density at radius 2 is 1.80 bits per heavy atom. The van der Waals surface area contributed by atoms with E-state index in [1.165, 1.54) is 6.42 Å². The standard InChI is InChI=1S/C12H16BrNO/c13-9-5-7-10(8-6-9)14-11-3-1-2-4-12(11)15/h5-8,11-12,14-15H,1-4H2. The van der Waals surface area contributed by atoms with Crippen molar-refractivity contribution in [3.8, 4) is 0 Å². The van der Waals surface area contributed by atoms with Gasteiger partial charge < -0.3 is 10.4 Å². The van der Waals surface area contributed by atoms with Gasteiger partial charge in [-0.25, -0.2) is 0 Å². The van der Waals surface area contributed by atoms with Crippen LogP contribution < -0.4 is 5.32 Å². The van der Waals surface area contributed by atoms with Gasteiger partial charge in [-0.15, -0.1) is 0 Å². The van der Waals surface area contributed by atoms with Gasteiger partial charge in [0.25, 0.3) is 0 Å². The lowest BCUT2D eigenvalue weighted by Crippen LogP contribution is -2.36. The van der Waals surface area contributed by atoms with E-state index in [1.54, 1.807) is 0 Å². The first kappa shape index (κ1) is 11.0. The van der Waals surface area contributed by atoms with Crippen LogP contribution in [0.4, 0.5) is 5.69 Å². The second-order valence-electron chi connectivity index (χ2n) is 4.11. The molecule has 1 aromatic carbocycles. The summed E-state index contributed by atoms with van der Waals surface area (Å²) < 4.78 is 1.08. The summed E-state index contributed by atoms with van der Waals surface area (Å²) in [5.41, 5.74) is 1.09. The van der Waals surface area contributed by atoms with Crippen molar-refractivity contribution in [1.82, 2.24) is 0 Å². The molecule has 2 rings (SSSR count). The molecule has 2 atom stereocenters. The van der Waals surface area contributed by atoms with Crippen LogP contribution in [0.3, 0.4) is 0 Å². The van der Waals surface area contributed by atoms with Crippen molar-refractivity contribution in [1.29, 1.82) is 0 Å². The monoisotopic (exact) mass is 269 g/mol. The predicted molar refractivity (Wildman–Crippen MR) is 66.0 cm³/mol. The Bertz CT molecular complexity index is 312. The topological polar surface area (TPSA) is 32.3 Å². The highest BCUT2D eigenvalue weighted by molar-refractivity contribution is 9.10. The van der Waals surface area contributed by atoms with Gasteiger partial charge in [0.05, 0.1) is 12.1 Å². The first-order valence-corrected chi connectivity index (χ1v) is 6.25. The molecule has 2 nitrogen and oxygen atoms in total. The molecule has 1 fully saturated rings. The van der Waals surface area contributed by atoms with Crippen molar-refractivity contribution < 1.29 is 5.11 Å². The van der Waals surface area contributed by atoms with E-state index in [-0.39, 0.29) is 12.1 Å². The molecule has 0 radical (unpaired) electrons. The summed E-state index contributed by atoms with van der Waals surface area (Å²) in [7, 11) is 0. The Balaban J connectivity index is 1.98. The van der Waals surface area contributed by atoms with Crippen LogP contribution in [0.15, 0.2) is 28.7 Å². The van der Waals surface area contributed by atoms with Crippen molar-refractivity contribution in [2.24, 2.45) is 0 Å². The fourth-order valence-electron chi connectivity index (χ4n) is 2.04. The maximum Gasteiger partial charge on any atom is 0.0741 e. The maximum atomic E-state index is 9.81. The first-order chi connectivity index (χ1) is 7.25. The van der Waals surface area contributed by atoms with Gasteiger partial charge in [0.15, 0.2) is 0 Å². The second kappa shape index (κ2) is 4.99. The summed E-state index contributed by atoms with van der Waals surface area (Å²) in [5, 5.41) is 13.2. The number of halogens is 1. The molecule has 1 aliphatic rings. The number of nitrogens with one attached hydrogen (secondary N) is 1. The van der Waals surface area contributed by atoms with Crippen molar-refractivity contribution >= 4 is 21.6 Å². The molecule has 1 aliphatic carbocycles. The molecule has 82 valence electrons. The number of rotatable bonds is 2. The minimum atomic E-state index is -0.192. The molecule has 0 aliphatic heterocycles. The first-order valence-electron chi connectivity index (χ1n) is 5.46. The molecule has 0 bridgehead atoms. The lowest BCUT2D eigenvalue weighted by molar-refractivity contribution is 0.116. The zero-order valence-electron chi connectivity index (χ0n) is 8.62. The zero-order valence-corrected chi connectivity index (χ0v) is 10.2. The van der Waals surface area contributed by atoms with Crippen molar-refractivity contribution in [2.75, 3.05) is 5.32 Å². The van der Waals surface area contributed by atoms with Crippen LogP contribution in [0.2, 0.25) is 0 Å². The van der Waals surface area contributed by atoms with Gasteiger partial charge in [-0.1, -0.05) is 28.8 Å².